The number of carbonyl (C=O) groups excluding carboxylic acids is 2. The van der Waals surface area contributed by atoms with Gasteiger partial charge in [0.05, 0.1) is 6.54 Å². The summed E-state index contributed by atoms with van der Waals surface area (Å²) in [5.41, 5.74) is 4.69. The number of hydrogen-bond acceptors (Lipinski definition) is 4. The molecule has 33 heavy (non-hydrogen) atoms. The summed E-state index contributed by atoms with van der Waals surface area (Å²) in [6, 6.07) is 16.8. The van der Waals surface area contributed by atoms with Crippen molar-refractivity contribution >= 4 is 12.0 Å². The predicted octanol–water partition coefficient (Wildman–Crippen LogP) is 5.92. The van der Waals surface area contributed by atoms with Gasteiger partial charge in [0.25, 0.3) is 0 Å². The maximum Gasteiger partial charge on any atom is 0.413 e. The van der Waals surface area contributed by atoms with Crippen molar-refractivity contribution < 1.29 is 14.3 Å². The lowest BCUT2D eigenvalue weighted by Gasteiger charge is -2.18. The molecule has 0 atom stereocenters. The summed E-state index contributed by atoms with van der Waals surface area (Å²) in [7, 11) is 0. The zero-order valence-corrected chi connectivity index (χ0v) is 19.5. The Labute approximate surface area is 197 Å². The predicted molar refractivity (Wildman–Crippen MR) is 131 cm³/mol. The lowest BCUT2D eigenvalue weighted by molar-refractivity contribution is -0.119. The molecule has 2 aliphatic rings. The third kappa shape index (κ3) is 6.44. The molecule has 0 spiro atoms. The first kappa shape index (κ1) is 23.5. The third-order valence-corrected chi connectivity index (χ3v) is 6.99. The largest absolute Gasteiger partial charge is 0.448 e. The van der Waals surface area contributed by atoms with Gasteiger partial charge in [-0.2, -0.15) is 0 Å². The van der Waals surface area contributed by atoms with E-state index < -0.39 is 6.09 Å². The highest BCUT2D eigenvalue weighted by Gasteiger charge is 2.29. The van der Waals surface area contributed by atoms with E-state index in [9.17, 15) is 9.59 Å². The van der Waals surface area contributed by atoms with Crippen LogP contribution in [0.2, 0.25) is 0 Å². The molecule has 0 unspecified atom stereocenters. The van der Waals surface area contributed by atoms with Crippen LogP contribution in [0.3, 0.4) is 0 Å². The highest BCUT2D eigenvalue weighted by atomic mass is 16.5. The summed E-state index contributed by atoms with van der Waals surface area (Å²) in [6.45, 7) is 0.359. The average molecular weight is 449 g/mol. The molecule has 5 heteroatoms. The Morgan fingerprint density at radius 2 is 1.27 bits per heavy atom. The van der Waals surface area contributed by atoms with E-state index >= 15 is 0 Å². The highest BCUT2D eigenvalue weighted by molar-refractivity contribution is 5.93. The molecular formula is C28H36N2O3. The molecule has 2 aliphatic carbocycles. The molecule has 4 rings (SSSR count). The number of nitrogens with one attached hydrogen (secondary N) is 2. The van der Waals surface area contributed by atoms with E-state index in [1.54, 1.807) is 0 Å². The first-order valence-electron chi connectivity index (χ1n) is 12.6. The smallest absolute Gasteiger partial charge is 0.413 e. The van der Waals surface area contributed by atoms with Crippen molar-refractivity contribution in [3.05, 3.63) is 59.7 Å². The Kier molecular flexibility index (Phi) is 8.53. The third-order valence-electron chi connectivity index (χ3n) is 6.99. The molecule has 0 bridgehead atoms. The van der Waals surface area contributed by atoms with Gasteiger partial charge in [-0.1, -0.05) is 99.9 Å². The summed E-state index contributed by atoms with van der Waals surface area (Å²) in [5.74, 6) is -0.343. The van der Waals surface area contributed by atoms with E-state index in [0.29, 0.717) is 6.04 Å². The van der Waals surface area contributed by atoms with Crippen LogP contribution >= 0.6 is 0 Å². The van der Waals surface area contributed by atoms with Gasteiger partial charge in [-0.05, 0) is 35.1 Å². The number of benzene rings is 2. The second-order valence-electron chi connectivity index (χ2n) is 9.36. The summed E-state index contributed by atoms with van der Waals surface area (Å²) < 4.78 is 5.48. The summed E-state index contributed by atoms with van der Waals surface area (Å²) in [4.78, 5) is 24.7. The van der Waals surface area contributed by atoms with Crippen molar-refractivity contribution in [1.29, 1.82) is 0 Å². The van der Waals surface area contributed by atoms with Crippen molar-refractivity contribution in [2.24, 2.45) is 0 Å². The van der Waals surface area contributed by atoms with Crippen LogP contribution in [-0.2, 0) is 9.53 Å². The molecule has 1 fully saturated rings. The van der Waals surface area contributed by atoms with Crippen LogP contribution < -0.4 is 10.6 Å². The molecule has 2 aromatic rings. The highest BCUT2D eigenvalue weighted by Crippen LogP contribution is 2.44. The standard InChI is InChI=1S/C28H36N2O3/c31-27(19-29-21-13-7-5-3-1-2-4-6-8-14-21)30-28(32)33-20-26-24-17-11-9-15-22(24)23-16-10-12-18-25(23)26/h9-12,15-18,21,26,29H,1-8,13-14,19-20H2,(H,30,31,32). The van der Waals surface area contributed by atoms with E-state index in [2.05, 4.69) is 34.9 Å². The zero-order valence-electron chi connectivity index (χ0n) is 19.5. The fraction of sp³-hybridized carbons (Fsp3) is 0.500. The maximum atomic E-state index is 12.3. The number of alkyl carbamates (subject to hydrolysis) is 1. The molecule has 2 amide bonds. The molecular weight excluding hydrogens is 412 g/mol. The van der Waals surface area contributed by atoms with Crippen LogP contribution in [0, 0.1) is 0 Å². The molecule has 176 valence electrons. The van der Waals surface area contributed by atoms with Gasteiger partial charge in [0.2, 0.25) is 5.91 Å². The van der Waals surface area contributed by atoms with Crippen molar-refractivity contribution in [2.45, 2.75) is 76.2 Å². The van der Waals surface area contributed by atoms with Crippen LogP contribution in [0.5, 0.6) is 0 Å². The van der Waals surface area contributed by atoms with Gasteiger partial charge in [0, 0.05) is 12.0 Å². The molecule has 2 N–H and O–H groups in total. The van der Waals surface area contributed by atoms with Gasteiger partial charge in [0.1, 0.15) is 6.61 Å². The van der Waals surface area contributed by atoms with Gasteiger partial charge in [-0.25, -0.2) is 4.79 Å². The molecule has 0 heterocycles. The number of ether oxygens (including phenoxy) is 1. The van der Waals surface area contributed by atoms with E-state index in [-0.39, 0.29) is 25.0 Å². The SMILES string of the molecule is O=C(CNC1CCCCCCCCCC1)NC(=O)OCC1c2ccccc2-c2ccccc21. The molecule has 2 aromatic carbocycles. The Morgan fingerprint density at radius 1 is 0.758 bits per heavy atom. The van der Waals surface area contributed by atoms with Crippen molar-refractivity contribution in [1.82, 2.24) is 10.6 Å². The molecule has 0 radical (unpaired) electrons. The van der Waals surface area contributed by atoms with E-state index in [0.717, 1.165) is 24.0 Å². The molecule has 0 saturated heterocycles. The fourth-order valence-corrected chi connectivity index (χ4v) is 5.22. The lowest BCUT2D eigenvalue weighted by atomic mass is 9.98. The van der Waals surface area contributed by atoms with E-state index in [4.69, 9.17) is 4.74 Å². The van der Waals surface area contributed by atoms with Crippen LogP contribution in [0.4, 0.5) is 4.79 Å². The molecule has 0 aliphatic heterocycles. The average Bonchev–Trinajstić information content (AvgIpc) is 3.11. The van der Waals surface area contributed by atoms with Gasteiger partial charge in [-0.3, -0.25) is 10.1 Å². The minimum atomic E-state index is -0.675. The molecule has 5 nitrogen and oxygen atoms in total. The summed E-state index contributed by atoms with van der Waals surface area (Å²) >= 11 is 0. The Balaban J connectivity index is 1.24. The maximum absolute atomic E-state index is 12.3. The lowest BCUT2D eigenvalue weighted by Crippen LogP contribution is -2.42. The minimum Gasteiger partial charge on any atom is -0.448 e. The van der Waals surface area contributed by atoms with Gasteiger partial charge >= 0.3 is 6.09 Å². The first-order chi connectivity index (χ1) is 16.2. The van der Waals surface area contributed by atoms with Crippen LogP contribution in [0.25, 0.3) is 11.1 Å². The Bertz CT molecular complexity index is 885. The van der Waals surface area contributed by atoms with Crippen LogP contribution in [-0.4, -0.2) is 31.2 Å². The second kappa shape index (κ2) is 12.0. The summed E-state index contributed by atoms with van der Waals surface area (Å²) in [5, 5.41) is 5.76. The first-order valence-corrected chi connectivity index (χ1v) is 12.6. The number of imide groups is 1. The van der Waals surface area contributed by atoms with Crippen molar-refractivity contribution in [3.8, 4) is 11.1 Å². The van der Waals surface area contributed by atoms with Crippen molar-refractivity contribution in [3.63, 3.8) is 0 Å². The molecule has 1 saturated carbocycles. The van der Waals surface area contributed by atoms with Gasteiger partial charge in [-0.15, -0.1) is 0 Å². The Hall–Kier alpha value is -2.66. The number of amides is 2. The van der Waals surface area contributed by atoms with Gasteiger partial charge in [0.15, 0.2) is 0 Å². The molecule has 0 aromatic heterocycles. The van der Waals surface area contributed by atoms with Crippen molar-refractivity contribution in [2.75, 3.05) is 13.2 Å². The quantitative estimate of drug-likeness (QED) is 0.595. The van der Waals surface area contributed by atoms with Crippen LogP contribution in [0.15, 0.2) is 48.5 Å². The number of hydrogen-bond donors (Lipinski definition) is 2. The number of carbonyl (C=O) groups is 2. The number of fused-ring (bicyclic) bond motifs is 3. The minimum absolute atomic E-state index is 0.0107. The normalized spacial score (nSPS) is 17.5. The second-order valence-corrected chi connectivity index (χ2v) is 9.36. The zero-order chi connectivity index (χ0) is 22.9. The van der Waals surface area contributed by atoms with E-state index in [1.165, 1.54) is 62.5 Å². The topological polar surface area (TPSA) is 67.4 Å². The Morgan fingerprint density at radius 3 is 1.85 bits per heavy atom. The summed E-state index contributed by atoms with van der Waals surface area (Å²) in [6.07, 6.45) is 11.8. The monoisotopic (exact) mass is 448 g/mol. The van der Waals surface area contributed by atoms with E-state index in [1.807, 2.05) is 24.3 Å². The number of rotatable bonds is 5. The van der Waals surface area contributed by atoms with Gasteiger partial charge < -0.3 is 10.1 Å². The fourth-order valence-electron chi connectivity index (χ4n) is 5.22. The van der Waals surface area contributed by atoms with Crippen LogP contribution in [0.1, 0.15) is 81.3 Å².